The predicted molar refractivity (Wildman–Crippen MR) is 130 cm³/mol. The number of carboxylic acid groups (broad SMARTS) is 1. The van der Waals surface area contributed by atoms with Crippen molar-refractivity contribution in [2.24, 2.45) is 5.73 Å². The lowest BCUT2D eigenvalue weighted by molar-refractivity contribution is 0.0697. The summed E-state index contributed by atoms with van der Waals surface area (Å²) in [6, 6.07) is 23.1. The van der Waals surface area contributed by atoms with Crippen molar-refractivity contribution in [1.82, 2.24) is 4.98 Å². The number of para-hydroxylation sites is 1. The minimum Gasteiger partial charge on any atom is -0.478 e. The zero-order valence-electron chi connectivity index (χ0n) is 18.5. The van der Waals surface area contributed by atoms with Gasteiger partial charge in [-0.25, -0.2) is 4.79 Å². The van der Waals surface area contributed by atoms with Crippen LogP contribution in [-0.2, 0) is 6.42 Å². The van der Waals surface area contributed by atoms with Gasteiger partial charge in [0.05, 0.1) is 12.2 Å². The average molecular weight is 431 g/mol. The van der Waals surface area contributed by atoms with E-state index in [1.165, 1.54) is 16.5 Å². The first-order valence-electron chi connectivity index (χ1n) is 10.7. The van der Waals surface area contributed by atoms with Crippen LogP contribution in [0.5, 0.6) is 0 Å². The molecule has 0 amide bonds. The van der Waals surface area contributed by atoms with E-state index in [0.717, 1.165) is 16.6 Å². The number of hydrogen-bond donors (Lipinski definition) is 4. The van der Waals surface area contributed by atoms with Gasteiger partial charge >= 0.3 is 5.97 Å². The molecule has 5 N–H and O–H groups in total. The van der Waals surface area contributed by atoms with Gasteiger partial charge in [-0.3, -0.25) is 0 Å². The summed E-state index contributed by atoms with van der Waals surface area (Å²) in [6.45, 7) is 4.28. The largest absolute Gasteiger partial charge is 0.478 e. The Bertz CT molecular complexity index is 1180. The van der Waals surface area contributed by atoms with E-state index in [4.69, 9.17) is 10.8 Å². The number of aromatic nitrogens is 1. The van der Waals surface area contributed by atoms with E-state index in [9.17, 15) is 9.90 Å². The molecule has 4 aromatic rings. The highest BCUT2D eigenvalue weighted by atomic mass is 16.4. The number of nitrogens with two attached hydrogens (primary N) is 1. The summed E-state index contributed by atoms with van der Waals surface area (Å²) in [5.41, 5.74) is 11.3. The Labute approximate surface area is 188 Å². The van der Waals surface area contributed by atoms with Gasteiger partial charge in [0, 0.05) is 23.1 Å². The van der Waals surface area contributed by atoms with Gasteiger partial charge in [0.15, 0.2) is 0 Å². The molecule has 1 aromatic heterocycles. The van der Waals surface area contributed by atoms with Gasteiger partial charge in [0.2, 0.25) is 0 Å². The summed E-state index contributed by atoms with van der Waals surface area (Å²) in [5, 5.41) is 19.3. The number of carbonyl (C=O) groups is 1. The van der Waals surface area contributed by atoms with Crippen LogP contribution in [0.15, 0.2) is 79.0 Å². The number of aliphatic hydroxyl groups excluding tert-OH is 1. The van der Waals surface area contributed by atoms with E-state index in [-0.39, 0.29) is 12.6 Å². The third-order valence-corrected chi connectivity index (χ3v) is 5.41. The van der Waals surface area contributed by atoms with Crippen molar-refractivity contribution in [2.45, 2.75) is 32.2 Å². The first-order valence-corrected chi connectivity index (χ1v) is 10.7. The van der Waals surface area contributed by atoms with Crippen LogP contribution in [0.2, 0.25) is 0 Å². The zero-order valence-corrected chi connectivity index (χ0v) is 18.5. The molecule has 5 nitrogen and oxygen atoms in total. The van der Waals surface area contributed by atoms with Crippen molar-refractivity contribution in [1.29, 1.82) is 0 Å². The van der Waals surface area contributed by atoms with E-state index in [2.05, 4.69) is 37.0 Å². The summed E-state index contributed by atoms with van der Waals surface area (Å²) in [6.07, 6.45) is 2.67. The molecule has 32 heavy (non-hydrogen) atoms. The standard InChI is InChI=1S/C16H16O2.C11H14N2O/c1-11(2)12-6-5-7-13(10-12)14-8-3-4-9-15(14)16(17)18;12-9(7-14)5-8-6-13-11-4-2-1-3-10(8)11/h3-11H,1-2H3,(H,17,18);1-4,6,9,13-14H,5,7,12H2/t;9-/m.1/s1. The highest BCUT2D eigenvalue weighted by Gasteiger charge is 2.11. The van der Waals surface area contributed by atoms with Crippen molar-refractivity contribution < 1.29 is 15.0 Å². The highest BCUT2D eigenvalue weighted by Crippen LogP contribution is 2.27. The second-order valence-corrected chi connectivity index (χ2v) is 8.14. The van der Waals surface area contributed by atoms with E-state index < -0.39 is 5.97 Å². The minimum absolute atomic E-state index is 0.0273. The van der Waals surface area contributed by atoms with Crippen molar-refractivity contribution >= 4 is 16.9 Å². The SMILES string of the molecule is CC(C)c1cccc(-c2ccccc2C(=O)O)c1.N[C@@H](CO)Cc1c[nH]c2ccccc12. The van der Waals surface area contributed by atoms with Gasteiger partial charge in [-0.05, 0) is 46.7 Å². The third-order valence-electron chi connectivity index (χ3n) is 5.41. The fourth-order valence-corrected chi connectivity index (χ4v) is 3.63. The van der Waals surface area contributed by atoms with E-state index in [1.54, 1.807) is 12.1 Å². The second kappa shape index (κ2) is 10.8. The van der Waals surface area contributed by atoms with Crippen LogP contribution in [-0.4, -0.2) is 33.8 Å². The molecule has 0 fully saturated rings. The summed E-state index contributed by atoms with van der Waals surface area (Å²) in [4.78, 5) is 14.4. The molecule has 1 atom stereocenters. The maximum absolute atomic E-state index is 11.2. The van der Waals surface area contributed by atoms with E-state index in [1.807, 2.05) is 48.7 Å². The Morgan fingerprint density at radius 3 is 2.44 bits per heavy atom. The maximum Gasteiger partial charge on any atom is 0.336 e. The molecule has 3 aromatic carbocycles. The fourth-order valence-electron chi connectivity index (χ4n) is 3.63. The molecule has 0 radical (unpaired) electrons. The first kappa shape index (κ1) is 23.3. The Hall–Kier alpha value is -3.41. The van der Waals surface area contributed by atoms with Crippen molar-refractivity contribution in [2.75, 3.05) is 6.61 Å². The Balaban J connectivity index is 0.000000186. The molecular formula is C27H30N2O3. The summed E-state index contributed by atoms with van der Waals surface area (Å²) in [7, 11) is 0. The molecule has 0 spiro atoms. The number of aromatic amines is 1. The van der Waals surface area contributed by atoms with E-state index in [0.29, 0.717) is 17.9 Å². The molecule has 0 aliphatic carbocycles. The first-order chi connectivity index (χ1) is 15.4. The van der Waals surface area contributed by atoms with Gasteiger partial charge in [-0.1, -0.05) is 74.5 Å². The van der Waals surface area contributed by atoms with Crippen molar-refractivity contribution in [3.8, 4) is 11.1 Å². The molecule has 166 valence electrons. The third kappa shape index (κ3) is 5.63. The highest BCUT2D eigenvalue weighted by molar-refractivity contribution is 5.96. The number of benzene rings is 3. The monoisotopic (exact) mass is 430 g/mol. The van der Waals surface area contributed by atoms with Gasteiger partial charge in [0.25, 0.3) is 0 Å². The molecule has 4 rings (SSSR count). The zero-order chi connectivity index (χ0) is 23.1. The van der Waals surface area contributed by atoms with Crippen LogP contribution in [0.1, 0.15) is 41.3 Å². The number of H-pyrrole nitrogens is 1. The second-order valence-electron chi connectivity index (χ2n) is 8.14. The number of hydrogen-bond acceptors (Lipinski definition) is 3. The average Bonchev–Trinajstić information content (AvgIpc) is 3.22. The molecule has 0 bridgehead atoms. The van der Waals surface area contributed by atoms with Crippen LogP contribution in [0.4, 0.5) is 0 Å². The Morgan fingerprint density at radius 1 is 1.00 bits per heavy atom. The molecule has 5 heteroatoms. The molecule has 0 saturated carbocycles. The number of carboxylic acids is 1. The molecule has 1 heterocycles. The lowest BCUT2D eigenvalue weighted by Crippen LogP contribution is -2.26. The summed E-state index contributed by atoms with van der Waals surface area (Å²) < 4.78 is 0. The number of fused-ring (bicyclic) bond motifs is 1. The normalized spacial score (nSPS) is 11.8. The van der Waals surface area contributed by atoms with Gasteiger partial charge in [0.1, 0.15) is 0 Å². The van der Waals surface area contributed by atoms with Crippen molar-refractivity contribution in [3.63, 3.8) is 0 Å². The van der Waals surface area contributed by atoms with Crippen LogP contribution < -0.4 is 5.73 Å². The fraction of sp³-hybridized carbons (Fsp3) is 0.222. The molecule has 0 saturated heterocycles. The van der Waals surface area contributed by atoms with E-state index >= 15 is 0 Å². The van der Waals surface area contributed by atoms with Crippen LogP contribution in [0.25, 0.3) is 22.0 Å². The minimum atomic E-state index is -0.888. The van der Waals surface area contributed by atoms with Crippen molar-refractivity contribution in [3.05, 3.63) is 95.7 Å². The Morgan fingerprint density at radius 2 is 1.72 bits per heavy atom. The molecular weight excluding hydrogens is 400 g/mol. The predicted octanol–water partition coefficient (Wildman–Crippen LogP) is 5.21. The van der Waals surface area contributed by atoms with Crippen LogP contribution in [0.3, 0.4) is 0 Å². The summed E-state index contributed by atoms with van der Waals surface area (Å²) in [5.74, 6) is -0.456. The summed E-state index contributed by atoms with van der Waals surface area (Å²) >= 11 is 0. The van der Waals surface area contributed by atoms with Gasteiger partial charge in [-0.15, -0.1) is 0 Å². The molecule has 0 aliphatic heterocycles. The smallest absolute Gasteiger partial charge is 0.336 e. The quantitative estimate of drug-likeness (QED) is 0.338. The Kier molecular flexibility index (Phi) is 7.82. The topological polar surface area (TPSA) is 99.3 Å². The van der Waals surface area contributed by atoms with Gasteiger partial charge in [-0.2, -0.15) is 0 Å². The van der Waals surface area contributed by atoms with Gasteiger partial charge < -0.3 is 20.9 Å². The number of nitrogens with one attached hydrogen (secondary N) is 1. The molecule has 0 unspecified atom stereocenters. The number of aromatic carboxylic acids is 1. The van der Waals surface area contributed by atoms with Crippen LogP contribution in [0, 0.1) is 0 Å². The maximum atomic E-state index is 11.2. The number of rotatable bonds is 6. The number of aliphatic hydroxyl groups is 1. The lowest BCUT2D eigenvalue weighted by Gasteiger charge is -2.10. The molecule has 0 aliphatic rings. The van der Waals surface area contributed by atoms with Crippen LogP contribution >= 0.6 is 0 Å². The lowest BCUT2D eigenvalue weighted by atomic mass is 9.95.